The zero-order valence-corrected chi connectivity index (χ0v) is 14.4. The molecule has 0 aliphatic heterocycles. The molecule has 132 valence electrons. The average molecular weight is 369 g/mol. The molecule has 26 heavy (non-hydrogen) atoms. The number of nitro benzene ring substituents is 1. The summed E-state index contributed by atoms with van der Waals surface area (Å²) in [5, 5.41) is 20.7. The molecule has 0 spiro atoms. The van der Waals surface area contributed by atoms with Crippen molar-refractivity contribution in [3.8, 4) is 0 Å². The zero-order valence-electron chi connectivity index (χ0n) is 13.6. The topological polar surface area (TPSA) is 114 Å². The van der Waals surface area contributed by atoms with Gasteiger partial charge in [0.1, 0.15) is 5.82 Å². The molecule has 9 heteroatoms. The molecule has 8 nitrogen and oxygen atoms in total. The third-order valence-corrected chi connectivity index (χ3v) is 4.27. The Morgan fingerprint density at radius 1 is 1.15 bits per heavy atom. The fourth-order valence-electron chi connectivity index (χ4n) is 2.20. The molecule has 0 radical (unpaired) electrons. The Hall–Kier alpha value is -3.20. The van der Waals surface area contributed by atoms with Crippen LogP contribution in [0, 0.1) is 10.1 Å². The lowest BCUT2D eigenvalue weighted by molar-refractivity contribution is -0.384. The number of non-ortho nitro benzene ring substituents is 1. The van der Waals surface area contributed by atoms with Crippen molar-refractivity contribution in [2.45, 2.75) is 11.6 Å². The molecule has 2 aromatic carbocycles. The Morgan fingerprint density at radius 2 is 1.88 bits per heavy atom. The van der Waals surface area contributed by atoms with Crippen molar-refractivity contribution < 1.29 is 9.72 Å². The molecule has 0 saturated carbocycles. The third-order valence-electron chi connectivity index (χ3n) is 3.42. The van der Waals surface area contributed by atoms with E-state index in [9.17, 15) is 14.9 Å². The summed E-state index contributed by atoms with van der Waals surface area (Å²) in [5.74, 6) is 0.632. The summed E-state index contributed by atoms with van der Waals surface area (Å²) in [7, 11) is 0. The van der Waals surface area contributed by atoms with Gasteiger partial charge < -0.3 is 5.32 Å². The van der Waals surface area contributed by atoms with Gasteiger partial charge >= 0.3 is 0 Å². The van der Waals surface area contributed by atoms with Crippen molar-refractivity contribution in [3.05, 3.63) is 76.1 Å². The first-order chi connectivity index (χ1) is 12.6. The fourth-order valence-corrected chi connectivity index (χ4v) is 2.82. The number of H-pyrrole nitrogens is 1. The molecule has 0 fully saturated rings. The zero-order chi connectivity index (χ0) is 18.4. The second-order valence-corrected chi connectivity index (χ2v) is 6.31. The molecule has 1 heterocycles. The molecule has 3 aromatic rings. The first-order valence-corrected chi connectivity index (χ1v) is 8.71. The van der Waals surface area contributed by atoms with Crippen LogP contribution in [0.15, 0.2) is 59.8 Å². The molecular weight excluding hydrogens is 354 g/mol. The van der Waals surface area contributed by atoms with E-state index >= 15 is 0 Å². The van der Waals surface area contributed by atoms with Gasteiger partial charge in [-0.1, -0.05) is 42.1 Å². The normalized spacial score (nSPS) is 10.5. The summed E-state index contributed by atoms with van der Waals surface area (Å²) < 4.78 is 0. The number of anilines is 1. The number of benzene rings is 2. The number of rotatable bonds is 7. The van der Waals surface area contributed by atoms with Gasteiger partial charge in [-0.25, -0.2) is 4.98 Å². The summed E-state index contributed by atoms with van der Waals surface area (Å²) in [6, 6.07) is 15.6. The molecule has 0 saturated heterocycles. The van der Waals surface area contributed by atoms with Crippen LogP contribution in [-0.4, -0.2) is 31.8 Å². The minimum Gasteiger partial charge on any atom is -0.325 e. The number of nitro groups is 1. The number of carbonyl (C=O) groups is 1. The maximum absolute atomic E-state index is 12.0. The number of aromatic amines is 1. The van der Waals surface area contributed by atoms with Crippen LogP contribution in [0.3, 0.4) is 0 Å². The Kier molecular flexibility index (Phi) is 5.59. The fraction of sp³-hybridized carbons (Fsp3) is 0.118. The van der Waals surface area contributed by atoms with Crippen molar-refractivity contribution in [2.24, 2.45) is 0 Å². The predicted octanol–water partition coefficient (Wildman–Crippen LogP) is 3.03. The van der Waals surface area contributed by atoms with Crippen LogP contribution in [0.25, 0.3) is 0 Å². The average Bonchev–Trinajstić information content (AvgIpc) is 3.09. The van der Waals surface area contributed by atoms with Gasteiger partial charge in [-0.05, 0) is 17.7 Å². The van der Waals surface area contributed by atoms with Crippen LogP contribution in [0.1, 0.15) is 11.4 Å². The van der Waals surface area contributed by atoms with E-state index in [1.54, 1.807) is 0 Å². The minimum atomic E-state index is -0.488. The third kappa shape index (κ3) is 4.90. The van der Waals surface area contributed by atoms with Gasteiger partial charge in [0.05, 0.1) is 10.7 Å². The van der Waals surface area contributed by atoms with Gasteiger partial charge in [0.2, 0.25) is 11.1 Å². The monoisotopic (exact) mass is 369 g/mol. The number of hydrogen-bond acceptors (Lipinski definition) is 6. The van der Waals surface area contributed by atoms with Gasteiger partial charge in [0.25, 0.3) is 5.69 Å². The number of amides is 1. The maximum atomic E-state index is 12.0. The quantitative estimate of drug-likeness (QED) is 0.376. The molecule has 0 unspecified atom stereocenters. The lowest BCUT2D eigenvalue weighted by Crippen LogP contribution is -2.14. The predicted molar refractivity (Wildman–Crippen MR) is 98.1 cm³/mol. The highest BCUT2D eigenvalue weighted by molar-refractivity contribution is 7.99. The molecule has 1 aromatic heterocycles. The van der Waals surface area contributed by atoms with Crippen LogP contribution in [0.2, 0.25) is 0 Å². The molecular formula is C17H15N5O3S. The highest BCUT2D eigenvalue weighted by Crippen LogP contribution is 2.17. The number of thioether (sulfide) groups is 1. The molecule has 1 amide bonds. The maximum Gasteiger partial charge on any atom is 0.269 e. The first-order valence-electron chi connectivity index (χ1n) is 7.72. The molecule has 3 rings (SSSR count). The standard InChI is InChI=1S/C17H15N5O3S/c23-16(18-13-6-8-14(9-7-13)22(24)25)11-26-17-19-15(20-21-17)10-12-4-2-1-3-5-12/h1-9H,10-11H2,(H,18,23)(H,19,20,21). The summed E-state index contributed by atoms with van der Waals surface area (Å²) in [5.41, 5.74) is 1.60. The first kappa shape index (κ1) is 17.6. The van der Waals surface area contributed by atoms with E-state index in [-0.39, 0.29) is 17.3 Å². The SMILES string of the molecule is O=C(CSc1n[nH]c(Cc2ccccc2)n1)Nc1ccc([N+](=O)[O-])cc1. The van der Waals surface area contributed by atoms with Crippen molar-refractivity contribution in [1.29, 1.82) is 0 Å². The lowest BCUT2D eigenvalue weighted by atomic mass is 10.1. The van der Waals surface area contributed by atoms with Gasteiger partial charge in [-0.15, -0.1) is 5.10 Å². The van der Waals surface area contributed by atoms with Crippen LogP contribution in [0.4, 0.5) is 11.4 Å². The molecule has 0 aliphatic rings. The number of hydrogen-bond donors (Lipinski definition) is 2. The number of nitrogens with one attached hydrogen (secondary N) is 2. The second kappa shape index (κ2) is 8.26. The highest BCUT2D eigenvalue weighted by Gasteiger charge is 2.10. The van der Waals surface area contributed by atoms with Crippen molar-refractivity contribution in [2.75, 3.05) is 11.1 Å². The van der Waals surface area contributed by atoms with Gasteiger partial charge in [0, 0.05) is 24.2 Å². The van der Waals surface area contributed by atoms with E-state index in [0.29, 0.717) is 17.3 Å². The van der Waals surface area contributed by atoms with E-state index in [1.165, 1.54) is 36.0 Å². The van der Waals surface area contributed by atoms with Crippen molar-refractivity contribution in [3.63, 3.8) is 0 Å². The van der Waals surface area contributed by atoms with Crippen molar-refractivity contribution >= 4 is 29.0 Å². The summed E-state index contributed by atoms with van der Waals surface area (Å²) in [6.07, 6.45) is 0.642. The van der Waals surface area contributed by atoms with Crippen LogP contribution < -0.4 is 5.32 Å². The summed E-state index contributed by atoms with van der Waals surface area (Å²) >= 11 is 1.21. The summed E-state index contributed by atoms with van der Waals surface area (Å²) in [6.45, 7) is 0. The highest BCUT2D eigenvalue weighted by atomic mass is 32.2. The minimum absolute atomic E-state index is 0.0240. The Labute approximate surface area is 153 Å². The van der Waals surface area contributed by atoms with Crippen LogP contribution >= 0.6 is 11.8 Å². The van der Waals surface area contributed by atoms with Crippen LogP contribution in [-0.2, 0) is 11.2 Å². The van der Waals surface area contributed by atoms with E-state index in [2.05, 4.69) is 20.5 Å². The number of aromatic nitrogens is 3. The van der Waals surface area contributed by atoms with E-state index in [0.717, 1.165) is 11.4 Å². The molecule has 2 N–H and O–H groups in total. The smallest absolute Gasteiger partial charge is 0.269 e. The van der Waals surface area contributed by atoms with Gasteiger partial charge in [-0.2, -0.15) is 0 Å². The Morgan fingerprint density at radius 3 is 2.58 bits per heavy atom. The molecule has 0 atom stereocenters. The van der Waals surface area contributed by atoms with Crippen molar-refractivity contribution in [1.82, 2.24) is 15.2 Å². The van der Waals surface area contributed by atoms with E-state index < -0.39 is 4.92 Å². The second-order valence-electron chi connectivity index (χ2n) is 5.37. The molecule has 0 aliphatic carbocycles. The van der Waals surface area contributed by atoms with Gasteiger partial charge in [0.15, 0.2) is 0 Å². The van der Waals surface area contributed by atoms with Gasteiger partial charge in [-0.3, -0.25) is 20.0 Å². The number of nitrogens with zero attached hydrogens (tertiary/aromatic N) is 3. The lowest BCUT2D eigenvalue weighted by Gasteiger charge is -2.03. The Balaban J connectivity index is 1.49. The largest absolute Gasteiger partial charge is 0.325 e. The van der Waals surface area contributed by atoms with Crippen LogP contribution in [0.5, 0.6) is 0 Å². The summed E-state index contributed by atoms with van der Waals surface area (Å²) in [4.78, 5) is 26.4. The molecule has 0 bridgehead atoms. The Bertz CT molecular complexity index is 896. The number of carbonyl (C=O) groups excluding carboxylic acids is 1. The van der Waals surface area contributed by atoms with E-state index in [1.807, 2.05) is 30.3 Å². The van der Waals surface area contributed by atoms with E-state index in [4.69, 9.17) is 0 Å².